The maximum absolute atomic E-state index is 5.10. The third-order valence-electron chi connectivity index (χ3n) is 2.84. The first-order valence-corrected chi connectivity index (χ1v) is 4.96. The summed E-state index contributed by atoms with van der Waals surface area (Å²) >= 11 is 0. The summed E-state index contributed by atoms with van der Waals surface area (Å²) in [6, 6.07) is 9.42. The van der Waals surface area contributed by atoms with Crippen LogP contribution in [0.3, 0.4) is 0 Å². The van der Waals surface area contributed by atoms with Gasteiger partial charge >= 0.3 is 0 Å². The van der Waals surface area contributed by atoms with Gasteiger partial charge in [0.25, 0.3) is 0 Å². The molecular weight excluding hydrogens is 160 g/mol. The van der Waals surface area contributed by atoms with E-state index in [1.165, 1.54) is 31.2 Å². The normalized spacial score (nSPS) is 17.6. The Bertz CT molecular complexity index is 257. The number of ether oxygens (including phenoxy) is 1. The summed E-state index contributed by atoms with van der Waals surface area (Å²) in [5, 5.41) is 0. The van der Waals surface area contributed by atoms with Gasteiger partial charge in [-0.2, -0.15) is 0 Å². The predicted molar refractivity (Wildman–Crippen MR) is 53.0 cm³/mol. The van der Waals surface area contributed by atoms with Gasteiger partial charge in [-0.3, -0.25) is 0 Å². The summed E-state index contributed by atoms with van der Waals surface area (Å²) in [5.41, 5.74) is 1.36. The minimum Gasteiger partial charge on any atom is -0.497 e. The second-order valence-electron chi connectivity index (χ2n) is 3.67. The Morgan fingerprint density at radius 2 is 2.08 bits per heavy atom. The Hall–Kier alpha value is -0.980. The zero-order valence-electron chi connectivity index (χ0n) is 8.05. The van der Waals surface area contributed by atoms with Crippen molar-refractivity contribution in [1.29, 1.82) is 0 Å². The van der Waals surface area contributed by atoms with E-state index in [2.05, 4.69) is 12.1 Å². The maximum atomic E-state index is 5.10. The quantitative estimate of drug-likeness (QED) is 0.671. The van der Waals surface area contributed by atoms with Crippen LogP contribution in [0.15, 0.2) is 18.2 Å². The van der Waals surface area contributed by atoms with E-state index in [0.717, 1.165) is 11.7 Å². The van der Waals surface area contributed by atoms with Crippen molar-refractivity contribution < 1.29 is 4.74 Å². The van der Waals surface area contributed by atoms with Gasteiger partial charge in [0.1, 0.15) is 5.75 Å². The van der Waals surface area contributed by atoms with Crippen LogP contribution in [0.2, 0.25) is 0 Å². The highest BCUT2D eigenvalue weighted by Gasteiger charge is 2.16. The minimum absolute atomic E-state index is 0.755. The van der Waals surface area contributed by atoms with E-state index >= 15 is 0 Å². The van der Waals surface area contributed by atoms with Crippen molar-refractivity contribution in [3.63, 3.8) is 0 Å². The number of hydrogen-bond donors (Lipinski definition) is 0. The molecule has 1 aromatic rings. The lowest BCUT2D eigenvalue weighted by atomic mass is 9.98. The highest BCUT2D eigenvalue weighted by molar-refractivity contribution is 5.28. The number of hydrogen-bond acceptors (Lipinski definition) is 1. The molecule has 0 aliphatic heterocycles. The Morgan fingerprint density at radius 1 is 1.31 bits per heavy atom. The Morgan fingerprint density at radius 3 is 2.62 bits per heavy atom. The van der Waals surface area contributed by atoms with Crippen LogP contribution in [0, 0.1) is 6.07 Å². The molecule has 0 unspecified atom stereocenters. The van der Waals surface area contributed by atoms with Crippen LogP contribution in [-0.4, -0.2) is 7.11 Å². The number of benzene rings is 1. The van der Waals surface area contributed by atoms with Crippen LogP contribution in [0.25, 0.3) is 0 Å². The van der Waals surface area contributed by atoms with Crippen molar-refractivity contribution in [3.8, 4) is 5.75 Å². The molecule has 0 spiro atoms. The molecule has 0 bridgehead atoms. The summed E-state index contributed by atoms with van der Waals surface area (Å²) < 4.78 is 5.10. The van der Waals surface area contributed by atoms with Crippen molar-refractivity contribution in [2.24, 2.45) is 0 Å². The van der Waals surface area contributed by atoms with Gasteiger partial charge in [-0.1, -0.05) is 18.9 Å². The summed E-state index contributed by atoms with van der Waals surface area (Å²) in [5.74, 6) is 1.66. The third kappa shape index (κ3) is 1.85. The van der Waals surface area contributed by atoms with Crippen molar-refractivity contribution in [2.75, 3.05) is 7.11 Å². The van der Waals surface area contributed by atoms with Gasteiger partial charge < -0.3 is 4.74 Å². The van der Waals surface area contributed by atoms with Crippen molar-refractivity contribution in [3.05, 3.63) is 29.8 Å². The van der Waals surface area contributed by atoms with E-state index in [4.69, 9.17) is 4.74 Å². The molecule has 0 N–H and O–H groups in total. The van der Waals surface area contributed by atoms with Crippen LogP contribution < -0.4 is 4.74 Å². The van der Waals surface area contributed by atoms with Gasteiger partial charge in [-0.25, -0.2) is 0 Å². The SMILES string of the molecule is COc1c[c]c(C2CCCC2)cc1. The molecule has 1 aliphatic carbocycles. The zero-order chi connectivity index (χ0) is 9.10. The van der Waals surface area contributed by atoms with Crippen molar-refractivity contribution in [1.82, 2.24) is 0 Å². The molecule has 1 saturated carbocycles. The molecule has 1 nitrogen and oxygen atoms in total. The molecule has 0 atom stereocenters. The fraction of sp³-hybridized carbons (Fsp3) is 0.500. The lowest BCUT2D eigenvalue weighted by Gasteiger charge is -2.08. The maximum Gasteiger partial charge on any atom is 0.119 e. The monoisotopic (exact) mass is 175 g/mol. The highest BCUT2D eigenvalue weighted by Crippen LogP contribution is 2.34. The van der Waals surface area contributed by atoms with Crippen LogP contribution in [0.1, 0.15) is 37.2 Å². The Balaban J connectivity index is 2.12. The van der Waals surface area contributed by atoms with Gasteiger partial charge in [0.2, 0.25) is 0 Å². The summed E-state index contributed by atoms with van der Waals surface area (Å²) in [4.78, 5) is 0. The topological polar surface area (TPSA) is 9.23 Å². The van der Waals surface area contributed by atoms with Crippen molar-refractivity contribution >= 4 is 0 Å². The Labute approximate surface area is 79.7 Å². The smallest absolute Gasteiger partial charge is 0.119 e. The molecule has 0 heterocycles. The third-order valence-corrected chi connectivity index (χ3v) is 2.84. The van der Waals surface area contributed by atoms with Crippen LogP contribution in [-0.2, 0) is 0 Å². The zero-order valence-corrected chi connectivity index (χ0v) is 8.05. The van der Waals surface area contributed by atoms with Gasteiger partial charge in [-0.05, 0) is 42.5 Å². The average molecular weight is 175 g/mol. The minimum atomic E-state index is 0.755. The fourth-order valence-corrected chi connectivity index (χ4v) is 2.04. The predicted octanol–water partition coefficient (Wildman–Crippen LogP) is 3.15. The fourth-order valence-electron chi connectivity index (χ4n) is 2.04. The first kappa shape index (κ1) is 8.61. The molecule has 1 fully saturated rings. The first-order valence-electron chi connectivity index (χ1n) is 4.96. The largest absolute Gasteiger partial charge is 0.497 e. The Kier molecular flexibility index (Phi) is 2.53. The average Bonchev–Trinajstić information content (AvgIpc) is 2.71. The molecule has 1 aromatic carbocycles. The molecule has 0 saturated heterocycles. The van der Waals surface area contributed by atoms with E-state index in [1.807, 2.05) is 12.1 Å². The van der Waals surface area contributed by atoms with Gasteiger partial charge in [0, 0.05) is 0 Å². The summed E-state index contributed by atoms with van der Waals surface area (Å²) in [6.07, 6.45) is 5.43. The van der Waals surface area contributed by atoms with Crippen LogP contribution >= 0.6 is 0 Å². The van der Waals surface area contributed by atoms with E-state index < -0.39 is 0 Å². The van der Waals surface area contributed by atoms with Gasteiger partial charge in [0.05, 0.1) is 7.11 Å². The molecule has 0 aromatic heterocycles. The van der Waals surface area contributed by atoms with E-state index in [9.17, 15) is 0 Å². The second-order valence-corrected chi connectivity index (χ2v) is 3.67. The van der Waals surface area contributed by atoms with Crippen LogP contribution in [0.4, 0.5) is 0 Å². The summed E-state index contributed by atoms with van der Waals surface area (Å²) in [7, 11) is 1.69. The second kappa shape index (κ2) is 3.82. The molecule has 2 rings (SSSR count). The molecule has 69 valence electrons. The van der Waals surface area contributed by atoms with E-state index in [1.54, 1.807) is 7.11 Å². The molecular formula is C12H15O. The summed E-state index contributed by atoms with van der Waals surface area (Å²) in [6.45, 7) is 0. The van der Waals surface area contributed by atoms with Gasteiger partial charge in [-0.15, -0.1) is 0 Å². The first-order chi connectivity index (χ1) is 6.40. The molecule has 1 aliphatic rings. The molecule has 1 radical (unpaired) electrons. The van der Waals surface area contributed by atoms with Gasteiger partial charge in [0.15, 0.2) is 0 Å². The number of methoxy groups -OCH3 is 1. The molecule has 1 heteroatoms. The van der Waals surface area contributed by atoms with E-state index in [-0.39, 0.29) is 0 Å². The van der Waals surface area contributed by atoms with Crippen LogP contribution in [0.5, 0.6) is 5.75 Å². The lowest BCUT2D eigenvalue weighted by molar-refractivity contribution is 0.414. The molecule has 0 amide bonds. The standard InChI is InChI=1S/C12H15O/c1-13-12-8-6-11(7-9-12)10-4-2-3-5-10/h6,8-10H,2-5H2,1H3. The lowest BCUT2D eigenvalue weighted by Crippen LogP contribution is -1.92. The van der Waals surface area contributed by atoms with Crippen molar-refractivity contribution in [2.45, 2.75) is 31.6 Å². The van der Waals surface area contributed by atoms with E-state index in [0.29, 0.717) is 0 Å². The molecule has 13 heavy (non-hydrogen) atoms. The highest BCUT2D eigenvalue weighted by atomic mass is 16.5. The number of rotatable bonds is 2.